The molecule has 0 heterocycles. The molecule has 0 radical (unpaired) electrons. The Bertz CT molecular complexity index is 312. The van der Waals surface area contributed by atoms with Gasteiger partial charge in [0.1, 0.15) is 11.6 Å². The Hall–Kier alpha value is -1.30. The van der Waals surface area contributed by atoms with Crippen molar-refractivity contribution in [1.29, 1.82) is 5.26 Å². The van der Waals surface area contributed by atoms with Gasteiger partial charge in [-0.1, -0.05) is 13.3 Å². The number of carbonyl (C=O) groups excluding carboxylic acids is 1. The minimum atomic E-state index is -0.455. The first-order valence-electron chi connectivity index (χ1n) is 5.48. The molecule has 0 bridgehead atoms. The van der Waals surface area contributed by atoms with E-state index in [1.54, 1.807) is 6.92 Å². The third kappa shape index (κ3) is 3.09. The SMILES string of the molecule is CCOC(=O)/C(C#N)=C1\CCCC(C)C1. The summed E-state index contributed by atoms with van der Waals surface area (Å²) in [4.78, 5) is 11.5. The van der Waals surface area contributed by atoms with Crippen molar-refractivity contribution in [2.24, 2.45) is 5.92 Å². The second-order valence-corrected chi connectivity index (χ2v) is 4.01. The largest absolute Gasteiger partial charge is 0.462 e. The van der Waals surface area contributed by atoms with Crippen molar-refractivity contribution in [3.63, 3.8) is 0 Å². The zero-order valence-corrected chi connectivity index (χ0v) is 9.38. The van der Waals surface area contributed by atoms with Gasteiger partial charge >= 0.3 is 5.97 Å². The molecule has 0 amide bonds. The highest BCUT2D eigenvalue weighted by Gasteiger charge is 2.21. The first-order valence-corrected chi connectivity index (χ1v) is 5.48. The molecule has 0 aromatic rings. The average molecular weight is 207 g/mol. The molecule has 0 aliphatic heterocycles. The molecule has 82 valence electrons. The number of ether oxygens (including phenoxy) is 1. The van der Waals surface area contributed by atoms with Crippen LogP contribution in [0.15, 0.2) is 11.1 Å². The van der Waals surface area contributed by atoms with Gasteiger partial charge in [-0.05, 0) is 37.7 Å². The van der Waals surface area contributed by atoms with E-state index in [0.717, 1.165) is 24.8 Å². The minimum absolute atomic E-state index is 0.239. The van der Waals surface area contributed by atoms with Gasteiger partial charge in [0.2, 0.25) is 0 Å². The summed E-state index contributed by atoms with van der Waals surface area (Å²) < 4.78 is 4.86. The van der Waals surface area contributed by atoms with E-state index in [1.165, 1.54) is 6.42 Å². The van der Waals surface area contributed by atoms with Crippen LogP contribution in [0.4, 0.5) is 0 Å². The van der Waals surface area contributed by atoms with E-state index in [0.29, 0.717) is 12.5 Å². The van der Waals surface area contributed by atoms with Crippen molar-refractivity contribution < 1.29 is 9.53 Å². The highest BCUT2D eigenvalue weighted by molar-refractivity contribution is 5.93. The number of allylic oxidation sites excluding steroid dienone is 1. The van der Waals surface area contributed by atoms with Crippen LogP contribution in [0.25, 0.3) is 0 Å². The molecule has 1 fully saturated rings. The molecule has 0 aromatic heterocycles. The molecular formula is C12H17NO2. The van der Waals surface area contributed by atoms with E-state index in [-0.39, 0.29) is 5.57 Å². The number of carbonyl (C=O) groups is 1. The van der Waals surface area contributed by atoms with Gasteiger partial charge in [-0.3, -0.25) is 0 Å². The lowest BCUT2D eigenvalue weighted by Crippen LogP contribution is -2.13. The Morgan fingerprint density at radius 2 is 2.40 bits per heavy atom. The van der Waals surface area contributed by atoms with Gasteiger partial charge in [0.05, 0.1) is 6.61 Å². The van der Waals surface area contributed by atoms with Crippen LogP contribution in [0.3, 0.4) is 0 Å². The molecule has 1 rings (SSSR count). The smallest absolute Gasteiger partial charge is 0.348 e. The Kier molecular flexibility index (Phi) is 4.36. The van der Waals surface area contributed by atoms with E-state index in [2.05, 4.69) is 6.92 Å². The highest BCUT2D eigenvalue weighted by atomic mass is 16.5. The summed E-state index contributed by atoms with van der Waals surface area (Å²) >= 11 is 0. The van der Waals surface area contributed by atoms with Gasteiger partial charge in [-0.25, -0.2) is 4.79 Å². The number of esters is 1. The number of nitrogens with zero attached hydrogens (tertiary/aromatic N) is 1. The molecule has 0 spiro atoms. The predicted octanol–water partition coefficient (Wildman–Crippen LogP) is 2.58. The first kappa shape index (κ1) is 11.8. The zero-order chi connectivity index (χ0) is 11.3. The van der Waals surface area contributed by atoms with Gasteiger partial charge in [-0.15, -0.1) is 0 Å². The highest BCUT2D eigenvalue weighted by Crippen LogP contribution is 2.30. The van der Waals surface area contributed by atoms with E-state index < -0.39 is 5.97 Å². The second-order valence-electron chi connectivity index (χ2n) is 4.01. The van der Waals surface area contributed by atoms with Gasteiger partial charge in [0.15, 0.2) is 0 Å². The second kappa shape index (κ2) is 5.55. The lowest BCUT2D eigenvalue weighted by molar-refractivity contribution is -0.138. The quantitative estimate of drug-likeness (QED) is 0.397. The van der Waals surface area contributed by atoms with Gasteiger partial charge in [0, 0.05) is 0 Å². The molecule has 1 aliphatic rings. The summed E-state index contributed by atoms with van der Waals surface area (Å²) in [5, 5.41) is 8.95. The van der Waals surface area contributed by atoms with Gasteiger partial charge < -0.3 is 4.74 Å². The van der Waals surface area contributed by atoms with Crippen LogP contribution in [0.2, 0.25) is 0 Å². The molecule has 1 aliphatic carbocycles. The zero-order valence-electron chi connectivity index (χ0n) is 9.38. The molecule has 1 saturated carbocycles. The van der Waals surface area contributed by atoms with Crippen LogP contribution in [0.1, 0.15) is 39.5 Å². The number of hydrogen-bond acceptors (Lipinski definition) is 3. The number of hydrogen-bond donors (Lipinski definition) is 0. The van der Waals surface area contributed by atoms with Crippen LogP contribution in [-0.2, 0) is 9.53 Å². The van der Waals surface area contributed by atoms with Crippen molar-refractivity contribution >= 4 is 5.97 Å². The van der Waals surface area contributed by atoms with E-state index in [9.17, 15) is 4.79 Å². The standard InChI is InChI=1S/C12H17NO2/c1-3-15-12(14)11(8-13)10-6-4-5-9(2)7-10/h9H,3-7H2,1-2H3/b11-10+. The number of nitriles is 1. The maximum atomic E-state index is 11.5. The fourth-order valence-corrected chi connectivity index (χ4v) is 1.99. The van der Waals surface area contributed by atoms with Crippen molar-refractivity contribution in [3.8, 4) is 6.07 Å². The fraction of sp³-hybridized carbons (Fsp3) is 0.667. The van der Waals surface area contributed by atoms with Crippen molar-refractivity contribution in [2.75, 3.05) is 6.61 Å². The molecule has 0 N–H and O–H groups in total. The molecule has 15 heavy (non-hydrogen) atoms. The molecule has 0 aromatic carbocycles. The predicted molar refractivity (Wildman–Crippen MR) is 56.9 cm³/mol. The summed E-state index contributed by atoms with van der Waals surface area (Å²) in [6.45, 7) is 4.23. The topological polar surface area (TPSA) is 50.1 Å². The maximum absolute atomic E-state index is 11.5. The summed E-state index contributed by atoms with van der Waals surface area (Å²) in [5.74, 6) is 0.121. The van der Waals surface area contributed by atoms with E-state index in [1.807, 2.05) is 6.07 Å². The summed E-state index contributed by atoms with van der Waals surface area (Å²) in [7, 11) is 0. The maximum Gasteiger partial charge on any atom is 0.348 e. The normalized spacial score (nSPS) is 24.2. The Morgan fingerprint density at radius 1 is 1.67 bits per heavy atom. The summed E-state index contributed by atoms with van der Waals surface area (Å²) in [5.41, 5.74) is 1.22. The monoisotopic (exact) mass is 207 g/mol. The molecule has 3 nitrogen and oxygen atoms in total. The molecule has 1 unspecified atom stereocenters. The third-order valence-electron chi connectivity index (χ3n) is 2.72. The minimum Gasteiger partial charge on any atom is -0.462 e. The van der Waals surface area contributed by atoms with Gasteiger partial charge in [-0.2, -0.15) is 5.26 Å². The van der Waals surface area contributed by atoms with E-state index in [4.69, 9.17) is 10.00 Å². The van der Waals surface area contributed by atoms with Crippen LogP contribution >= 0.6 is 0 Å². The molecule has 1 atom stereocenters. The molecule has 0 saturated heterocycles. The fourth-order valence-electron chi connectivity index (χ4n) is 1.99. The Labute approximate surface area is 90.7 Å². The Balaban J connectivity index is 2.83. The lowest BCUT2D eigenvalue weighted by Gasteiger charge is -2.21. The van der Waals surface area contributed by atoms with Crippen molar-refractivity contribution in [2.45, 2.75) is 39.5 Å². The summed E-state index contributed by atoms with van der Waals surface area (Å²) in [6, 6.07) is 1.98. The van der Waals surface area contributed by atoms with Crippen molar-refractivity contribution in [3.05, 3.63) is 11.1 Å². The van der Waals surface area contributed by atoms with Gasteiger partial charge in [0.25, 0.3) is 0 Å². The lowest BCUT2D eigenvalue weighted by atomic mass is 9.84. The van der Waals surface area contributed by atoms with Crippen LogP contribution in [0, 0.1) is 17.2 Å². The number of rotatable bonds is 2. The Morgan fingerprint density at radius 3 is 2.93 bits per heavy atom. The van der Waals surface area contributed by atoms with E-state index >= 15 is 0 Å². The van der Waals surface area contributed by atoms with Crippen LogP contribution < -0.4 is 0 Å². The van der Waals surface area contributed by atoms with Crippen molar-refractivity contribution in [1.82, 2.24) is 0 Å². The molecular weight excluding hydrogens is 190 g/mol. The van der Waals surface area contributed by atoms with Crippen LogP contribution in [0.5, 0.6) is 0 Å². The molecule has 3 heteroatoms. The van der Waals surface area contributed by atoms with Crippen LogP contribution in [-0.4, -0.2) is 12.6 Å². The third-order valence-corrected chi connectivity index (χ3v) is 2.72. The average Bonchev–Trinajstić information content (AvgIpc) is 2.19. The first-order chi connectivity index (χ1) is 7.19. The summed E-state index contributed by atoms with van der Waals surface area (Å²) in [6.07, 6.45) is 3.99.